The highest BCUT2D eigenvalue weighted by atomic mass is 16.3. The molecule has 144 valence electrons. The number of hydrogen-bond acceptors (Lipinski definition) is 3. The number of amides is 2. The van der Waals surface area contributed by atoms with E-state index in [4.69, 9.17) is 4.42 Å². The molecule has 3 rings (SSSR count). The van der Waals surface area contributed by atoms with Crippen molar-refractivity contribution in [2.45, 2.75) is 39.0 Å². The quantitative estimate of drug-likeness (QED) is 0.830. The minimum atomic E-state index is 0.0399. The second-order valence-corrected chi connectivity index (χ2v) is 8.08. The highest BCUT2D eigenvalue weighted by Gasteiger charge is 2.25. The van der Waals surface area contributed by atoms with Gasteiger partial charge in [-0.15, -0.1) is 0 Å². The van der Waals surface area contributed by atoms with Crippen molar-refractivity contribution < 1.29 is 14.0 Å². The van der Waals surface area contributed by atoms with Crippen molar-refractivity contribution in [3.8, 4) is 0 Å². The van der Waals surface area contributed by atoms with Crippen molar-refractivity contribution in [1.82, 2.24) is 9.80 Å². The van der Waals surface area contributed by atoms with Gasteiger partial charge in [0.15, 0.2) is 0 Å². The summed E-state index contributed by atoms with van der Waals surface area (Å²) in [6.07, 6.45) is 2.68. The summed E-state index contributed by atoms with van der Waals surface area (Å²) in [5, 5.41) is 0. The molecule has 2 amide bonds. The van der Waals surface area contributed by atoms with Crippen molar-refractivity contribution in [3.63, 3.8) is 0 Å². The van der Waals surface area contributed by atoms with Crippen molar-refractivity contribution in [3.05, 3.63) is 59.5 Å². The number of aryl methyl sites for hydroxylation is 1. The van der Waals surface area contributed by atoms with Gasteiger partial charge in [-0.2, -0.15) is 0 Å². The number of carbonyl (C=O) groups excluding carboxylic acids is 2. The van der Waals surface area contributed by atoms with Crippen LogP contribution < -0.4 is 0 Å². The molecule has 1 aromatic heterocycles. The molecule has 1 aliphatic heterocycles. The van der Waals surface area contributed by atoms with E-state index in [0.29, 0.717) is 44.6 Å². The molecule has 5 heteroatoms. The molecule has 27 heavy (non-hydrogen) atoms. The third kappa shape index (κ3) is 4.79. The van der Waals surface area contributed by atoms with Crippen LogP contribution >= 0.6 is 0 Å². The maximum atomic E-state index is 12.7. The Morgan fingerprint density at radius 2 is 1.59 bits per heavy atom. The molecule has 2 aromatic rings. The zero-order valence-corrected chi connectivity index (χ0v) is 16.4. The average molecular weight is 368 g/mol. The smallest absolute Gasteiger partial charge is 0.253 e. The van der Waals surface area contributed by atoms with Gasteiger partial charge >= 0.3 is 0 Å². The predicted octanol–water partition coefficient (Wildman–Crippen LogP) is 3.49. The fraction of sp³-hybridized carbons (Fsp3) is 0.455. The Kier molecular flexibility index (Phi) is 5.68. The predicted molar refractivity (Wildman–Crippen MR) is 105 cm³/mol. The molecular formula is C22H28N2O3. The number of benzene rings is 1. The zero-order chi connectivity index (χ0) is 19.4. The largest absolute Gasteiger partial charge is 0.469 e. The fourth-order valence-corrected chi connectivity index (χ4v) is 3.30. The second kappa shape index (κ2) is 7.99. The highest BCUT2D eigenvalue weighted by Crippen LogP contribution is 2.22. The minimum absolute atomic E-state index is 0.0399. The van der Waals surface area contributed by atoms with Gasteiger partial charge in [0.1, 0.15) is 5.76 Å². The fourth-order valence-electron chi connectivity index (χ4n) is 3.30. The van der Waals surface area contributed by atoms with Gasteiger partial charge in [-0.3, -0.25) is 9.59 Å². The molecule has 1 fully saturated rings. The molecule has 0 saturated carbocycles. The number of piperazine rings is 1. The molecule has 1 aliphatic rings. The zero-order valence-electron chi connectivity index (χ0n) is 16.4. The first-order chi connectivity index (χ1) is 12.8. The Labute approximate surface area is 160 Å². The van der Waals surface area contributed by atoms with Crippen LogP contribution in [0.4, 0.5) is 0 Å². The molecule has 0 unspecified atom stereocenters. The lowest BCUT2D eigenvalue weighted by molar-refractivity contribution is -0.132. The van der Waals surface area contributed by atoms with Crippen LogP contribution in [0, 0.1) is 0 Å². The Balaban J connectivity index is 1.51. The first-order valence-corrected chi connectivity index (χ1v) is 9.54. The van der Waals surface area contributed by atoms with Crippen molar-refractivity contribution in [2.24, 2.45) is 0 Å². The standard InChI is InChI=1S/C22H28N2O3/c1-22(2,3)18-8-6-17(7-9-18)21(26)24-14-12-23(13-15-24)20(25)11-10-19-5-4-16-27-19/h4-9,16H,10-15H2,1-3H3. The van der Waals surface area contributed by atoms with E-state index in [1.165, 1.54) is 5.56 Å². The van der Waals surface area contributed by atoms with Gasteiger partial charge < -0.3 is 14.2 Å². The summed E-state index contributed by atoms with van der Waals surface area (Å²) in [5.41, 5.74) is 2.00. The Morgan fingerprint density at radius 3 is 2.15 bits per heavy atom. The molecule has 0 bridgehead atoms. The molecule has 0 spiro atoms. The number of furan rings is 1. The van der Waals surface area contributed by atoms with Crippen LogP contribution in [0.25, 0.3) is 0 Å². The summed E-state index contributed by atoms with van der Waals surface area (Å²) in [6, 6.07) is 11.6. The van der Waals surface area contributed by atoms with Crippen LogP contribution in [0.2, 0.25) is 0 Å². The molecule has 0 aliphatic carbocycles. The van der Waals surface area contributed by atoms with E-state index < -0.39 is 0 Å². The Morgan fingerprint density at radius 1 is 0.963 bits per heavy atom. The SMILES string of the molecule is CC(C)(C)c1ccc(C(=O)N2CCN(C(=O)CCc3ccco3)CC2)cc1. The maximum Gasteiger partial charge on any atom is 0.253 e. The van der Waals surface area contributed by atoms with Gasteiger partial charge in [-0.1, -0.05) is 32.9 Å². The van der Waals surface area contributed by atoms with Gasteiger partial charge in [0.05, 0.1) is 6.26 Å². The lowest BCUT2D eigenvalue weighted by Crippen LogP contribution is -2.50. The first kappa shape index (κ1) is 19.2. The topological polar surface area (TPSA) is 53.8 Å². The van der Waals surface area contributed by atoms with E-state index >= 15 is 0 Å². The highest BCUT2D eigenvalue weighted by molar-refractivity contribution is 5.94. The average Bonchev–Trinajstić information content (AvgIpc) is 3.19. The van der Waals surface area contributed by atoms with Gasteiger partial charge in [0.25, 0.3) is 5.91 Å². The van der Waals surface area contributed by atoms with E-state index in [1.807, 2.05) is 46.2 Å². The Bertz CT molecular complexity index is 765. The molecule has 0 atom stereocenters. The van der Waals surface area contributed by atoms with E-state index in [-0.39, 0.29) is 17.2 Å². The minimum Gasteiger partial charge on any atom is -0.469 e. The normalized spacial score (nSPS) is 15.1. The molecule has 0 N–H and O–H groups in total. The van der Waals surface area contributed by atoms with Gasteiger partial charge in [0, 0.05) is 44.6 Å². The summed E-state index contributed by atoms with van der Waals surface area (Å²) >= 11 is 0. The number of hydrogen-bond donors (Lipinski definition) is 0. The van der Waals surface area contributed by atoms with Crippen LogP contribution in [0.1, 0.15) is 48.9 Å². The van der Waals surface area contributed by atoms with Crippen LogP contribution in [-0.4, -0.2) is 47.8 Å². The van der Waals surface area contributed by atoms with Crippen molar-refractivity contribution in [1.29, 1.82) is 0 Å². The lowest BCUT2D eigenvalue weighted by atomic mass is 9.86. The van der Waals surface area contributed by atoms with E-state index in [1.54, 1.807) is 6.26 Å². The third-order valence-electron chi connectivity index (χ3n) is 5.08. The molecule has 0 radical (unpaired) electrons. The summed E-state index contributed by atoms with van der Waals surface area (Å²) in [5.74, 6) is 0.988. The van der Waals surface area contributed by atoms with Gasteiger partial charge in [-0.05, 0) is 35.2 Å². The monoisotopic (exact) mass is 368 g/mol. The maximum absolute atomic E-state index is 12.7. The lowest BCUT2D eigenvalue weighted by Gasteiger charge is -2.35. The first-order valence-electron chi connectivity index (χ1n) is 9.54. The molecule has 1 saturated heterocycles. The van der Waals surface area contributed by atoms with E-state index in [9.17, 15) is 9.59 Å². The van der Waals surface area contributed by atoms with Crippen LogP contribution in [-0.2, 0) is 16.6 Å². The van der Waals surface area contributed by atoms with Gasteiger partial charge in [-0.25, -0.2) is 0 Å². The molecular weight excluding hydrogens is 340 g/mol. The van der Waals surface area contributed by atoms with Crippen molar-refractivity contribution >= 4 is 11.8 Å². The number of carbonyl (C=O) groups is 2. The third-order valence-corrected chi connectivity index (χ3v) is 5.08. The van der Waals surface area contributed by atoms with E-state index in [0.717, 1.165) is 5.76 Å². The Hall–Kier alpha value is -2.56. The molecule has 2 heterocycles. The second-order valence-electron chi connectivity index (χ2n) is 8.08. The van der Waals surface area contributed by atoms with Gasteiger partial charge in [0.2, 0.25) is 5.91 Å². The molecule has 1 aromatic carbocycles. The summed E-state index contributed by atoms with van der Waals surface area (Å²) in [4.78, 5) is 28.8. The summed E-state index contributed by atoms with van der Waals surface area (Å²) < 4.78 is 5.27. The number of nitrogens with zero attached hydrogens (tertiary/aromatic N) is 2. The van der Waals surface area contributed by atoms with Crippen LogP contribution in [0.15, 0.2) is 47.1 Å². The van der Waals surface area contributed by atoms with Crippen LogP contribution in [0.5, 0.6) is 0 Å². The summed E-state index contributed by atoms with van der Waals surface area (Å²) in [7, 11) is 0. The summed E-state index contributed by atoms with van der Waals surface area (Å²) in [6.45, 7) is 8.80. The van der Waals surface area contributed by atoms with Crippen molar-refractivity contribution in [2.75, 3.05) is 26.2 Å². The van der Waals surface area contributed by atoms with Crippen LogP contribution in [0.3, 0.4) is 0 Å². The number of rotatable bonds is 4. The van der Waals surface area contributed by atoms with E-state index in [2.05, 4.69) is 20.8 Å². The molecule has 5 nitrogen and oxygen atoms in total.